The molecule has 2 aromatic rings. The Kier molecular flexibility index (Phi) is 3.10. The first-order valence-corrected chi connectivity index (χ1v) is 5.29. The van der Waals surface area contributed by atoms with Crippen molar-refractivity contribution in [2.24, 2.45) is 0 Å². The summed E-state index contributed by atoms with van der Waals surface area (Å²) < 4.78 is 0. The second kappa shape index (κ2) is 4.71. The van der Waals surface area contributed by atoms with Gasteiger partial charge in [0.2, 0.25) is 11.5 Å². The summed E-state index contributed by atoms with van der Waals surface area (Å²) in [6.45, 7) is 0. The molecule has 0 saturated heterocycles. The van der Waals surface area contributed by atoms with Crippen molar-refractivity contribution in [2.45, 2.75) is 0 Å². The topological polar surface area (TPSA) is 80.9 Å². The van der Waals surface area contributed by atoms with Crippen molar-refractivity contribution < 1.29 is 20.4 Å². The van der Waals surface area contributed by atoms with Gasteiger partial charge in [0.15, 0.2) is 11.5 Å². The molecule has 0 aromatic heterocycles. The summed E-state index contributed by atoms with van der Waals surface area (Å²) in [4.78, 5) is 0. The van der Waals surface area contributed by atoms with E-state index in [0.29, 0.717) is 0 Å². The van der Waals surface area contributed by atoms with Gasteiger partial charge < -0.3 is 20.4 Å². The molecule has 0 spiro atoms. The van der Waals surface area contributed by atoms with Gasteiger partial charge in [-0.3, -0.25) is 0 Å². The smallest absolute Gasteiger partial charge is 0.204 e. The third-order valence-electron chi connectivity index (χ3n) is 2.51. The van der Waals surface area contributed by atoms with E-state index in [-0.39, 0.29) is 5.56 Å². The predicted molar refractivity (Wildman–Crippen MR) is 68.5 cm³/mol. The van der Waals surface area contributed by atoms with E-state index in [2.05, 4.69) is 0 Å². The Bertz CT molecular complexity index is 588. The Morgan fingerprint density at radius 1 is 0.722 bits per heavy atom. The van der Waals surface area contributed by atoms with Crippen molar-refractivity contribution in [3.63, 3.8) is 0 Å². The molecular weight excluding hydrogens is 232 g/mol. The Hall–Kier alpha value is -2.62. The maximum atomic E-state index is 9.61. The summed E-state index contributed by atoms with van der Waals surface area (Å²) >= 11 is 0. The fourth-order valence-electron chi connectivity index (χ4n) is 1.53. The molecule has 0 heterocycles. The van der Waals surface area contributed by atoms with Gasteiger partial charge in [-0.2, -0.15) is 0 Å². The van der Waals surface area contributed by atoms with Crippen LogP contribution < -0.4 is 0 Å². The van der Waals surface area contributed by atoms with Crippen molar-refractivity contribution >= 4 is 12.2 Å². The van der Waals surface area contributed by atoms with Gasteiger partial charge in [0, 0.05) is 5.56 Å². The van der Waals surface area contributed by atoms with Crippen molar-refractivity contribution in [1.29, 1.82) is 0 Å². The molecule has 92 valence electrons. The molecular formula is C14H12O4. The lowest BCUT2D eigenvalue weighted by Gasteiger charge is -2.06. The normalized spacial score (nSPS) is 10.9. The average molecular weight is 244 g/mol. The van der Waals surface area contributed by atoms with E-state index < -0.39 is 23.0 Å². The number of aromatic hydroxyl groups is 4. The third-order valence-corrected chi connectivity index (χ3v) is 2.51. The number of rotatable bonds is 2. The summed E-state index contributed by atoms with van der Waals surface area (Å²) in [5, 5.41) is 37.5. The SMILES string of the molecule is Oc1cc(/C=C\c2ccccc2)c(O)c(O)c1O. The van der Waals surface area contributed by atoms with E-state index in [1.54, 1.807) is 6.08 Å². The van der Waals surface area contributed by atoms with Crippen LogP contribution in [0.2, 0.25) is 0 Å². The standard InChI is InChI=1S/C14H12O4/c15-11-8-10(12(16)14(18)13(11)17)7-6-9-4-2-1-3-5-9/h1-8,15-18H/b7-6-. The van der Waals surface area contributed by atoms with E-state index in [1.165, 1.54) is 12.1 Å². The first-order chi connectivity index (χ1) is 8.59. The van der Waals surface area contributed by atoms with Gasteiger partial charge >= 0.3 is 0 Å². The molecule has 2 rings (SSSR count). The zero-order valence-corrected chi connectivity index (χ0v) is 9.41. The molecule has 0 aliphatic rings. The van der Waals surface area contributed by atoms with Gasteiger partial charge in [0.25, 0.3) is 0 Å². The first-order valence-electron chi connectivity index (χ1n) is 5.29. The second-order valence-corrected chi connectivity index (χ2v) is 3.77. The summed E-state index contributed by atoms with van der Waals surface area (Å²) in [5.74, 6) is -2.43. The van der Waals surface area contributed by atoms with Crippen molar-refractivity contribution in [3.05, 3.63) is 47.5 Å². The molecule has 4 N–H and O–H groups in total. The Morgan fingerprint density at radius 3 is 2.06 bits per heavy atom. The molecule has 0 bridgehead atoms. The minimum atomic E-state index is -0.734. The molecule has 0 aliphatic heterocycles. The Balaban J connectivity index is 2.39. The van der Waals surface area contributed by atoms with E-state index >= 15 is 0 Å². The van der Waals surface area contributed by atoms with Crippen LogP contribution >= 0.6 is 0 Å². The van der Waals surface area contributed by atoms with E-state index in [4.69, 9.17) is 0 Å². The maximum absolute atomic E-state index is 9.61. The highest BCUT2D eigenvalue weighted by molar-refractivity contribution is 5.76. The zero-order chi connectivity index (χ0) is 13.1. The molecule has 0 atom stereocenters. The zero-order valence-electron chi connectivity index (χ0n) is 9.41. The van der Waals surface area contributed by atoms with Crippen molar-refractivity contribution in [3.8, 4) is 23.0 Å². The van der Waals surface area contributed by atoms with Crippen LogP contribution in [-0.2, 0) is 0 Å². The summed E-state index contributed by atoms with van der Waals surface area (Å²) in [6.07, 6.45) is 3.24. The summed E-state index contributed by atoms with van der Waals surface area (Å²) in [7, 11) is 0. The highest BCUT2D eigenvalue weighted by Gasteiger charge is 2.14. The van der Waals surface area contributed by atoms with Crippen molar-refractivity contribution in [2.75, 3.05) is 0 Å². The number of hydrogen-bond acceptors (Lipinski definition) is 4. The summed E-state index contributed by atoms with van der Waals surface area (Å²) in [5.41, 5.74) is 1.12. The number of hydrogen-bond donors (Lipinski definition) is 4. The monoisotopic (exact) mass is 244 g/mol. The quantitative estimate of drug-likeness (QED) is 0.372. The van der Waals surface area contributed by atoms with Crippen LogP contribution in [-0.4, -0.2) is 20.4 Å². The molecule has 0 fully saturated rings. The largest absolute Gasteiger partial charge is 0.504 e. The van der Waals surface area contributed by atoms with Gasteiger partial charge in [-0.15, -0.1) is 0 Å². The molecule has 0 unspecified atom stereocenters. The van der Waals surface area contributed by atoms with Crippen LogP contribution in [0.3, 0.4) is 0 Å². The highest BCUT2D eigenvalue weighted by Crippen LogP contribution is 2.44. The maximum Gasteiger partial charge on any atom is 0.204 e. The van der Waals surface area contributed by atoms with Crippen LogP contribution in [0.25, 0.3) is 12.2 Å². The highest BCUT2D eigenvalue weighted by atomic mass is 16.3. The Morgan fingerprint density at radius 2 is 1.39 bits per heavy atom. The number of phenolic OH excluding ortho intramolecular Hbond substituents is 4. The molecule has 0 saturated carbocycles. The predicted octanol–water partition coefficient (Wildman–Crippen LogP) is 2.68. The van der Waals surface area contributed by atoms with Gasteiger partial charge in [0.1, 0.15) is 0 Å². The van der Waals surface area contributed by atoms with Crippen LogP contribution in [0.4, 0.5) is 0 Å². The van der Waals surface area contributed by atoms with Gasteiger partial charge in [-0.1, -0.05) is 42.5 Å². The van der Waals surface area contributed by atoms with Crippen LogP contribution in [0.5, 0.6) is 23.0 Å². The number of benzene rings is 2. The van der Waals surface area contributed by atoms with Crippen molar-refractivity contribution in [1.82, 2.24) is 0 Å². The molecule has 0 radical (unpaired) electrons. The van der Waals surface area contributed by atoms with Gasteiger partial charge in [0.05, 0.1) is 0 Å². The molecule has 4 heteroatoms. The fraction of sp³-hybridized carbons (Fsp3) is 0. The van der Waals surface area contributed by atoms with Crippen LogP contribution in [0, 0.1) is 0 Å². The van der Waals surface area contributed by atoms with Crippen LogP contribution in [0.1, 0.15) is 11.1 Å². The third kappa shape index (κ3) is 2.22. The lowest BCUT2D eigenvalue weighted by molar-refractivity contribution is 0.345. The van der Waals surface area contributed by atoms with Gasteiger partial charge in [-0.05, 0) is 11.6 Å². The lowest BCUT2D eigenvalue weighted by atomic mass is 10.1. The minimum absolute atomic E-state index is 0.214. The average Bonchev–Trinajstić information content (AvgIpc) is 2.40. The fourth-order valence-corrected chi connectivity index (χ4v) is 1.53. The van der Waals surface area contributed by atoms with E-state index in [0.717, 1.165) is 5.56 Å². The van der Waals surface area contributed by atoms with Crippen LogP contribution in [0.15, 0.2) is 36.4 Å². The molecule has 4 nitrogen and oxygen atoms in total. The molecule has 18 heavy (non-hydrogen) atoms. The molecule has 2 aromatic carbocycles. The first kappa shape index (κ1) is 11.9. The van der Waals surface area contributed by atoms with Gasteiger partial charge in [-0.25, -0.2) is 0 Å². The second-order valence-electron chi connectivity index (χ2n) is 3.77. The Labute approximate surface area is 104 Å². The molecule has 0 aliphatic carbocycles. The molecule has 0 amide bonds. The lowest BCUT2D eigenvalue weighted by Crippen LogP contribution is -1.79. The van der Waals surface area contributed by atoms with E-state index in [1.807, 2.05) is 30.3 Å². The summed E-state index contributed by atoms with van der Waals surface area (Å²) in [6, 6.07) is 10.5. The van der Waals surface area contributed by atoms with E-state index in [9.17, 15) is 20.4 Å². The minimum Gasteiger partial charge on any atom is -0.504 e. The number of phenols is 4.